The van der Waals surface area contributed by atoms with Crippen LogP contribution in [0.5, 0.6) is 0 Å². The zero-order chi connectivity index (χ0) is 19.1. The van der Waals surface area contributed by atoms with Crippen molar-refractivity contribution in [2.24, 2.45) is 12.0 Å². The molecule has 0 aliphatic carbocycles. The Kier molecular flexibility index (Phi) is 6.81. The summed E-state index contributed by atoms with van der Waals surface area (Å²) in [7, 11) is 1.91. The fraction of sp³-hybridized carbons (Fsp3) is 0.500. The lowest BCUT2D eigenvalue weighted by atomic mass is 10.1. The van der Waals surface area contributed by atoms with Crippen molar-refractivity contribution in [2.75, 3.05) is 32.8 Å². The van der Waals surface area contributed by atoms with Crippen molar-refractivity contribution in [1.82, 2.24) is 20.0 Å². The van der Waals surface area contributed by atoms with Crippen LogP contribution in [0, 0.1) is 5.82 Å². The minimum Gasteiger partial charge on any atom is -0.370 e. The minimum absolute atomic E-state index is 0.00333. The number of aliphatic imine (C=N–C) groups is 1. The molecule has 1 aromatic heterocycles. The minimum atomic E-state index is -0.181. The van der Waals surface area contributed by atoms with Gasteiger partial charge in [-0.1, -0.05) is 12.1 Å². The predicted octanol–water partition coefficient (Wildman–Crippen LogP) is 2.53. The topological polar surface area (TPSA) is 54.7 Å². The second-order valence-electron chi connectivity index (χ2n) is 6.72. The standard InChI is InChI=1S/C20H28FN5O/c1-3-22-20(23-9-5-7-16-6-4-8-18(21)12-16)26-10-11-27-19(15-26)17-13-24-25(2)14-17/h4,6,8,12-14,19H,3,5,7,9-11,15H2,1-2H3,(H,22,23). The van der Waals surface area contributed by atoms with Crippen LogP contribution in [-0.2, 0) is 18.2 Å². The largest absolute Gasteiger partial charge is 0.370 e. The molecular weight excluding hydrogens is 345 g/mol. The normalized spacial score (nSPS) is 18.0. The molecule has 1 unspecified atom stereocenters. The molecule has 6 nitrogen and oxygen atoms in total. The Labute approximate surface area is 160 Å². The second kappa shape index (κ2) is 9.50. The summed E-state index contributed by atoms with van der Waals surface area (Å²) in [6.45, 7) is 5.81. The van der Waals surface area contributed by atoms with Crippen LogP contribution in [0.25, 0.3) is 0 Å². The zero-order valence-electron chi connectivity index (χ0n) is 16.1. The van der Waals surface area contributed by atoms with Gasteiger partial charge in [0.25, 0.3) is 0 Å². The van der Waals surface area contributed by atoms with Gasteiger partial charge in [0, 0.05) is 38.4 Å². The summed E-state index contributed by atoms with van der Waals surface area (Å²) in [4.78, 5) is 7.01. The van der Waals surface area contributed by atoms with E-state index in [0.29, 0.717) is 13.2 Å². The van der Waals surface area contributed by atoms with Gasteiger partial charge in [-0.05, 0) is 37.5 Å². The average molecular weight is 373 g/mol. The number of guanidine groups is 1. The van der Waals surface area contributed by atoms with E-state index in [2.05, 4.69) is 22.2 Å². The quantitative estimate of drug-likeness (QED) is 0.480. The number of hydrogen-bond donors (Lipinski definition) is 1. The van der Waals surface area contributed by atoms with Crippen molar-refractivity contribution in [3.63, 3.8) is 0 Å². The van der Waals surface area contributed by atoms with Crippen LogP contribution in [0.1, 0.15) is 30.6 Å². The SMILES string of the molecule is CCNC(=NCCCc1cccc(F)c1)N1CCOC(c2cnn(C)c2)C1. The highest BCUT2D eigenvalue weighted by Crippen LogP contribution is 2.21. The number of halogens is 1. The molecular formula is C20H28FN5O. The maximum atomic E-state index is 13.3. The molecule has 1 saturated heterocycles. The van der Waals surface area contributed by atoms with E-state index in [1.54, 1.807) is 16.8 Å². The first-order valence-electron chi connectivity index (χ1n) is 9.53. The Hall–Kier alpha value is -2.41. The van der Waals surface area contributed by atoms with Crippen molar-refractivity contribution in [2.45, 2.75) is 25.9 Å². The Bertz CT molecular complexity index is 760. The van der Waals surface area contributed by atoms with Gasteiger partial charge >= 0.3 is 0 Å². The zero-order valence-corrected chi connectivity index (χ0v) is 16.1. The highest BCUT2D eigenvalue weighted by Gasteiger charge is 2.25. The first-order chi connectivity index (χ1) is 13.2. The maximum Gasteiger partial charge on any atom is 0.194 e. The molecule has 1 N–H and O–H groups in total. The summed E-state index contributed by atoms with van der Waals surface area (Å²) in [6.07, 6.45) is 5.56. The van der Waals surface area contributed by atoms with Crippen LogP contribution in [0.2, 0.25) is 0 Å². The van der Waals surface area contributed by atoms with E-state index in [4.69, 9.17) is 9.73 Å². The van der Waals surface area contributed by atoms with Crippen LogP contribution >= 0.6 is 0 Å². The summed E-state index contributed by atoms with van der Waals surface area (Å²) in [5, 5.41) is 7.62. The van der Waals surface area contributed by atoms with Gasteiger partial charge in [-0.3, -0.25) is 9.67 Å². The van der Waals surface area contributed by atoms with Crippen molar-refractivity contribution < 1.29 is 9.13 Å². The average Bonchev–Trinajstić information content (AvgIpc) is 3.11. The molecule has 0 spiro atoms. The molecule has 27 heavy (non-hydrogen) atoms. The monoisotopic (exact) mass is 373 g/mol. The number of hydrogen-bond acceptors (Lipinski definition) is 3. The third kappa shape index (κ3) is 5.53. The maximum absolute atomic E-state index is 13.3. The molecule has 0 radical (unpaired) electrons. The number of rotatable bonds is 6. The van der Waals surface area contributed by atoms with E-state index in [9.17, 15) is 4.39 Å². The second-order valence-corrected chi connectivity index (χ2v) is 6.72. The Morgan fingerprint density at radius 1 is 1.44 bits per heavy atom. The molecule has 1 aromatic carbocycles. The summed E-state index contributed by atoms with van der Waals surface area (Å²) >= 11 is 0. The molecule has 0 saturated carbocycles. The summed E-state index contributed by atoms with van der Waals surface area (Å²) in [5.41, 5.74) is 2.10. The Balaban J connectivity index is 1.57. The lowest BCUT2D eigenvalue weighted by molar-refractivity contribution is -0.00804. The van der Waals surface area contributed by atoms with Gasteiger partial charge in [-0.2, -0.15) is 5.10 Å². The number of morpholine rings is 1. The molecule has 3 rings (SSSR count). The summed E-state index contributed by atoms with van der Waals surface area (Å²) in [5.74, 6) is 0.730. The van der Waals surface area contributed by atoms with E-state index in [-0.39, 0.29) is 11.9 Å². The number of nitrogens with one attached hydrogen (secondary N) is 1. The molecule has 7 heteroatoms. The van der Waals surface area contributed by atoms with Gasteiger partial charge in [0.2, 0.25) is 0 Å². The van der Waals surface area contributed by atoms with Crippen molar-refractivity contribution in [3.05, 3.63) is 53.6 Å². The van der Waals surface area contributed by atoms with Crippen LogP contribution in [0.15, 0.2) is 41.7 Å². The van der Waals surface area contributed by atoms with Crippen molar-refractivity contribution in [1.29, 1.82) is 0 Å². The molecule has 1 fully saturated rings. The van der Waals surface area contributed by atoms with Crippen molar-refractivity contribution in [3.8, 4) is 0 Å². The van der Waals surface area contributed by atoms with E-state index >= 15 is 0 Å². The van der Waals surface area contributed by atoms with E-state index in [1.807, 2.05) is 25.5 Å². The Morgan fingerprint density at radius 2 is 2.33 bits per heavy atom. The van der Waals surface area contributed by atoms with Gasteiger partial charge in [0.05, 0.1) is 19.3 Å². The lowest BCUT2D eigenvalue weighted by Gasteiger charge is -2.34. The number of nitrogens with zero attached hydrogens (tertiary/aromatic N) is 4. The van der Waals surface area contributed by atoms with Crippen LogP contribution < -0.4 is 5.32 Å². The van der Waals surface area contributed by atoms with Gasteiger partial charge in [0.15, 0.2) is 5.96 Å². The molecule has 2 aromatic rings. The molecule has 1 atom stereocenters. The van der Waals surface area contributed by atoms with Crippen LogP contribution in [0.4, 0.5) is 4.39 Å². The fourth-order valence-electron chi connectivity index (χ4n) is 3.24. The van der Waals surface area contributed by atoms with Gasteiger partial charge in [-0.25, -0.2) is 4.39 Å². The van der Waals surface area contributed by atoms with Gasteiger partial charge in [-0.15, -0.1) is 0 Å². The third-order valence-corrected chi connectivity index (χ3v) is 4.57. The Morgan fingerprint density at radius 3 is 3.07 bits per heavy atom. The van der Waals surface area contributed by atoms with Gasteiger partial charge < -0.3 is 15.0 Å². The molecule has 146 valence electrons. The van der Waals surface area contributed by atoms with Gasteiger partial charge in [0.1, 0.15) is 11.9 Å². The first-order valence-corrected chi connectivity index (χ1v) is 9.53. The third-order valence-electron chi connectivity index (χ3n) is 4.57. The molecule has 0 bridgehead atoms. The highest BCUT2D eigenvalue weighted by molar-refractivity contribution is 5.80. The van der Waals surface area contributed by atoms with Crippen LogP contribution in [0.3, 0.4) is 0 Å². The van der Waals surface area contributed by atoms with Crippen molar-refractivity contribution >= 4 is 5.96 Å². The predicted molar refractivity (Wildman–Crippen MR) is 104 cm³/mol. The number of ether oxygens (including phenoxy) is 1. The molecule has 2 heterocycles. The lowest BCUT2D eigenvalue weighted by Crippen LogP contribution is -2.48. The smallest absolute Gasteiger partial charge is 0.194 e. The van der Waals surface area contributed by atoms with Crippen LogP contribution in [-0.4, -0.2) is 53.4 Å². The molecule has 0 amide bonds. The first kappa shape index (κ1) is 19.4. The number of aromatic nitrogens is 2. The highest BCUT2D eigenvalue weighted by atomic mass is 19.1. The molecule has 1 aliphatic rings. The summed E-state index contributed by atoms with van der Waals surface area (Å²) in [6, 6.07) is 6.78. The van der Waals surface area contributed by atoms with E-state index in [0.717, 1.165) is 49.6 Å². The summed E-state index contributed by atoms with van der Waals surface area (Å²) < 4.78 is 21.0. The fourth-order valence-corrected chi connectivity index (χ4v) is 3.24. The van der Waals surface area contributed by atoms with E-state index < -0.39 is 0 Å². The van der Waals surface area contributed by atoms with E-state index in [1.165, 1.54) is 6.07 Å². The molecule has 1 aliphatic heterocycles. The number of aryl methyl sites for hydroxylation is 2. The number of benzene rings is 1.